The van der Waals surface area contributed by atoms with Crippen molar-refractivity contribution < 1.29 is 9.53 Å². The van der Waals surface area contributed by atoms with Crippen LogP contribution in [0.2, 0.25) is 0 Å². The van der Waals surface area contributed by atoms with Crippen LogP contribution in [0.25, 0.3) is 0 Å². The van der Waals surface area contributed by atoms with E-state index < -0.39 is 0 Å². The van der Waals surface area contributed by atoms with E-state index in [-0.39, 0.29) is 11.5 Å². The molecule has 1 aliphatic heterocycles. The number of ether oxygens (including phenoxy) is 1. The molecule has 1 N–H and O–H groups in total. The number of hydrogen-bond acceptors (Lipinski definition) is 3. The number of aromatic nitrogens is 1. The number of carbonyl (C=O) groups is 1. The number of carbonyl (C=O) groups excluding carboxylic acids is 1. The molecule has 0 radical (unpaired) electrons. The van der Waals surface area contributed by atoms with E-state index in [4.69, 9.17) is 4.74 Å². The summed E-state index contributed by atoms with van der Waals surface area (Å²) in [4.78, 5) is 24.2. The maximum atomic E-state index is 12.1. The molecule has 0 atom stereocenters. The lowest BCUT2D eigenvalue weighted by atomic mass is 10.1. The summed E-state index contributed by atoms with van der Waals surface area (Å²) in [5.41, 5.74) is 1.26. The van der Waals surface area contributed by atoms with E-state index in [2.05, 4.69) is 5.32 Å². The van der Waals surface area contributed by atoms with Crippen molar-refractivity contribution in [3.63, 3.8) is 0 Å². The van der Waals surface area contributed by atoms with Gasteiger partial charge in [-0.05, 0) is 26.2 Å². The summed E-state index contributed by atoms with van der Waals surface area (Å²) in [6.07, 6.45) is 3.81. The normalized spacial score (nSPS) is 14.4. The van der Waals surface area contributed by atoms with Gasteiger partial charge in [0.2, 0.25) is 0 Å². The van der Waals surface area contributed by atoms with Crippen LogP contribution in [0.1, 0.15) is 42.2 Å². The lowest BCUT2D eigenvalue weighted by molar-refractivity contribution is 0.0957. The van der Waals surface area contributed by atoms with Crippen molar-refractivity contribution in [3.05, 3.63) is 27.7 Å². The number of hydrogen-bond donors (Lipinski definition) is 1. The minimum absolute atomic E-state index is 0.0759. The summed E-state index contributed by atoms with van der Waals surface area (Å²) in [6.45, 7) is 2.97. The first-order chi connectivity index (χ1) is 9.19. The lowest BCUT2D eigenvalue weighted by Crippen LogP contribution is -2.29. The maximum absolute atomic E-state index is 12.1. The highest BCUT2D eigenvalue weighted by Crippen LogP contribution is 2.24. The van der Waals surface area contributed by atoms with Crippen LogP contribution in [-0.2, 0) is 13.0 Å². The van der Waals surface area contributed by atoms with Gasteiger partial charge in [-0.1, -0.05) is 6.42 Å². The minimum atomic E-state index is -0.186. The minimum Gasteiger partial charge on any atom is -0.493 e. The number of rotatable bonds is 3. The quantitative estimate of drug-likeness (QED) is 0.896. The van der Waals surface area contributed by atoms with Crippen molar-refractivity contribution in [1.82, 2.24) is 9.88 Å². The van der Waals surface area contributed by atoms with E-state index in [9.17, 15) is 9.59 Å². The second kappa shape index (κ2) is 5.91. The Morgan fingerprint density at radius 3 is 2.89 bits per heavy atom. The molecule has 19 heavy (non-hydrogen) atoms. The van der Waals surface area contributed by atoms with E-state index >= 15 is 0 Å². The van der Waals surface area contributed by atoms with Crippen LogP contribution < -0.4 is 15.6 Å². The Morgan fingerprint density at radius 1 is 1.42 bits per heavy atom. The first-order valence-corrected chi connectivity index (χ1v) is 6.80. The molecule has 0 aromatic carbocycles. The smallest absolute Gasteiger partial charge is 0.256 e. The standard InChI is InChI=1S/C14H20N2O3/c1-3-19-11-9-12(17)16-8-6-4-5-7-10(16)13(11)14(18)15-2/h9H,3-8H2,1-2H3,(H,15,18). The van der Waals surface area contributed by atoms with Crippen LogP contribution in [0.3, 0.4) is 0 Å². The zero-order valence-corrected chi connectivity index (χ0v) is 11.5. The van der Waals surface area contributed by atoms with Crippen molar-refractivity contribution >= 4 is 5.91 Å². The average molecular weight is 264 g/mol. The predicted octanol–water partition coefficient (Wildman–Crippen LogP) is 1.33. The first-order valence-electron chi connectivity index (χ1n) is 6.80. The molecule has 0 bridgehead atoms. The molecule has 1 aromatic heterocycles. The second-order valence-electron chi connectivity index (χ2n) is 4.64. The van der Waals surface area contributed by atoms with Gasteiger partial charge < -0.3 is 14.6 Å². The van der Waals surface area contributed by atoms with Gasteiger partial charge in [-0.25, -0.2) is 0 Å². The molecule has 2 rings (SSSR count). The number of pyridine rings is 1. The van der Waals surface area contributed by atoms with Gasteiger partial charge in [-0.15, -0.1) is 0 Å². The Balaban J connectivity index is 2.64. The summed E-state index contributed by atoms with van der Waals surface area (Å²) in [5, 5.41) is 2.64. The summed E-state index contributed by atoms with van der Waals surface area (Å²) < 4.78 is 7.20. The second-order valence-corrected chi connectivity index (χ2v) is 4.64. The Hall–Kier alpha value is -1.78. The van der Waals surface area contributed by atoms with E-state index in [1.54, 1.807) is 11.6 Å². The number of nitrogens with zero attached hydrogens (tertiary/aromatic N) is 1. The van der Waals surface area contributed by atoms with Gasteiger partial charge in [0.15, 0.2) is 0 Å². The molecule has 0 saturated carbocycles. The van der Waals surface area contributed by atoms with Crippen LogP contribution in [0.5, 0.6) is 5.75 Å². The maximum Gasteiger partial charge on any atom is 0.256 e. The van der Waals surface area contributed by atoms with E-state index in [0.717, 1.165) is 31.4 Å². The third-order valence-electron chi connectivity index (χ3n) is 3.43. The zero-order valence-electron chi connectivity index (χ0n) is 11.5. The van der Waals surface area contributed by atoms with Crippen LogP contribution in [-0.4, -0.2) is 24.1 Å². The number of nitrogens with one attached hydrogen (secondary N) is 1. The van der Waals surface area contributed by atoms with Gasteiger partial charge in [0, 0.05) is 25.4 Å². The molecule has 1 aliphatic rings. The van der Waals surface area contributed by atoms with Gasteiger partial charge >= 0.3 is 0 Å². The van der Waals surface area contributed by atoms with Crippen molar-refractivity contribution in [1.29, 1.82) is 0 Å². The Morgan fingerprint density at radius 2 is 2.21 bits per heavy atom. The molecule has 5 nitrogen and oxygen atoms in total. The highest BCUT2D eigenvalue weighted by molar-refractivity contribution is 5.97. The number of fused-ring (bicyclic) bond motifs is 1. The fourth-order valence-electron chi connectivity index (χ4n) is 2.55. The highest BCUT2D eigenvalue weighted by atomic mass is 16.5. The highest BCUT2D eigenvalue weighted by Gasteiger charge is 2.22. The Kier molecular flexibility index (Phi) is 4.24. The van der Waals surface area contributed by atoms with Gasteiger partial charge in [0.05, 0.1) is 6.61 Å². The van der Waals surface area contributed by atoms with E-state index in [1.807, 2.05) is 6.92 Å². The molecule has 1 amide bonds. The molecule has 1 aromatic rings. The Labute approximate surface area is 112 Å². The third-order valence-corrected chi connectivity index (χ3v) is 3.43. The SMILES string of the molecule is CCOc1cc(=O)n2c(c1C(=O)NC)CCCCC2. The fraction of sp³-hybridized carbons (Fsp3) is 0.571. The topological polar surface area (TPSA) is 60.3 Å². The zero-order chi connectivity index (χ0) is 13.8. The van der Waals surface area contributed by atoms with Gasteiger partial charge in [0.25, 0.3) is 11.5 Å². The van der Waals surface area contributed by atoms with E-state index in [1.165, 1.54) is 6.07 Å². The van der Waals surface area contributed by atoms with E-state index in [0.29, 0.717) is 24.5 Å². The van der Waals surface area contributed by atoms with Crippen LogP contribution in [0, 0.1) is 0 Å². The first kappa shape index (κ1) is 13.6. The molecule has 0 saturated heterocycles. The molecule has 0 spiro atoms. The summed E-state index contributed by atoms with van der Waals surface area (Å²) >= 11 is 0. The fourth-order valence-corrected chi connectivity index (χ4v) is 2.55. The van der Waals surface area contributed by atoms with Crippen molar-refractivity contribution in [3.8, 4) is 5.75 Å². The van der Waals surface area contributed by atoms with Gasteiger partial charge in [0.1, 0.15) is 11.3 Å². The Bertz CT molecular complexity index is 534. The summed E-state index contributed by atoms with van der Waals surface area (Å²) in [6, 6.07) is 1.43. The van der Waals surface area contributed by atoms with Crippen molar-refractivity contribution in [2.75, 3.05) is 13.7 Å². The predicted molar refractivity (Wildman–Crippen MR) is 72.8 cm³/mol. The molecule has 5 heteroatoms. The number of amides is 1. The van der Waals surface area contributed by atoms with Crippen LogP contribution >= 0.6 is 0 Å². The van der Waals surface area contributed by atoms with Crippen LogP contribution in [0.4, 0.5) is 0 Å². The monoisotopic (exact) mass is 264 g/mol. The molecule has 0 unspecified atom stereocenters. The molecular weight excluding hydrogens is 244 g/mol. The van der Waals surface area contributed by atoms with Crippen molar-refractivity contribution in [2.45, 2.75) is 39.2 Å². The summed E-state index contributed by atoms with van der Waals surface area (Å²) in [5.74, 6) is 0.217. The van der Waals surface area contributed by atoms with Crippen molar-refractivity contribution in [2.24, 2.45) is 0 Å². The molecular formula is C14H20N2O3. The molecule has 0 fully saturated rings. The third kappa shape index (κ3) is 2.64. The molecule has 0 aliphatic carbocycles. The summed E-state index contributed by atoms with van der Waals surface area (Å²) in [7, 11) is 1.59. The van der Waals surface area contributed by atoms with Gasteiger partial charge in [-0.2, -0.15) is 0 Å². The lowest BCUT2D eigenvalue weighted by Gasteiger charge is -2.17. The molecule has 104 valence electrons. The largest absolute Gasteiger partial charge is 0.493 e. The molecule has 2 heterocycles. The van der Waals surface area contributed by atoms with Crippen LogP contribution in [0.15, 0.2) is 10.9 Å². The van der Waals surface area contributed by atoms with Gasteiger partial charge in [-0.3, -0.25) is 9.59 Å². The average Bonchev–Trinajstić information content (AvgIpc) is 2.65.